The number of hydrogen-bond donors (Lipinski definition) is 1. The fourth-order valence-electron chi connectivity index (χ4n) is 4.69. The molecule has 1 aliphatic heterocycles. The Morgan fingerprint density at radius 2 is 1.65 bits per heavy atom. The minimum Gasteiger partial charge on any atom is -0.494 e. The van der Waals surface area contributed by atoms with E-state index in [2.05, 4.69) is 0 Å². The van der Waals surface area contributed by atoms with E-state index in [0.717, 1.165) is 33.4 Å². The predicted octanol–water partition coefficient (Wildman–Crippen LogP) is 4.81. The molecule has 0 spiro atoms. The lowest BCUT2D eigenvalue weighted by Gasteiger charge is -2.27. The van der Waals surface area contributed by atoms with Crippen molar-refractivity contribution in [3.8, 4) is 28.0 Å². The summed E-state index contributed by atoms with van der Waals surface area (Å²) in [5.74, 6) is -0.132. The lowest BCUT2D eigenvalue weighted by atomic mass is 9.94. The Hall–Kier alpha value is -3.06. The van der Waals surface area contributed by atoms with E-state index in [4.69, 9.17) is 38.4 Å². The van der Waals surface area contributed by atoms with E-state index in [1.165, 1.54) is 7.11 Å². The third-order valence-corrected chi connectivity index (χ3v) is 6.92. The standard InChI is InChI=1S/C26H22Cl2N2O4/c1-33-24-22(27)12-16(13-23(24)28)15-9-19-18-3-2-14(26(32)30-4-6-34-7-5-30)8-17(18)11-20(19)21(10-15)25(29)31/h2-3,8-10,12-13H,4-7,11H2,1H3,(H2,29,31). The summed E-state index contributed by atoms with van der Waals surface area (Å²) < 4.78 is 10.6. The van der Waals surface area contributed by atoms with Gasteiger partial charge < -0.3 is 20.1 Å². The highest BCUT2D eigenvalue weighted by molar-refractivity contribution is 6.37. The van der Waals surface area contributed by atoms with E-state index in [9.17, 15) is 9.59 Å². The third-order valence-electron chi connectivity index (χ3n) is 6.36. The van der Waals surface area contributed by atoms with Gasteiger partial charge in [0.05, 0.1) is 30.4 Å². The Morgan fingerprint density at radius 3 is 2.29 bits per heavy atom. The second-order valence-corrected chi connectivity index (χ2v) is 9.15. The van der Waals surface area contributed by atoms with Crippen molar-refractivity contribution in [1.82, 2.24) is 4.90 Å². The molecule has 34 heavy (non-hydrogen) atoms. The minimum atomic E-state index is -0.513. The molecule has 3 aromatic carbocycles. The number of amides is 2. The normalized spacial score (nSPS) is 14.5. The zero-order chi connectivity index (χ0) is 24.0. The molecule has 2 N–H and O–H groups in total. The van der Waals surface area contributed by atoms with E-state index in [-0.39, 0.29) is 5.91 Å². The van der Waals surface area contributed by atoms with Gasteiger partial charge >= 0.3 is 0 Å². The smallest absolute Gasteiger partial charge is 0.254 e. The van der Waals surface area contributed by atoms with Crippen LogP contribution in [0.5, 0.6) is 5.75 Å². The maximum atomic E-state index is 13.0. The van der Waals surface area contributed by atoms with Crippen molar-refractivity contribution in [2.24, 2.45) is 5.73 Å². The van der Waals surface area contributed by atoms with Crippen molar-refractivity contribution in [2.75, 3.05) is 33.4 Å². The van der Waals surface area contributed by atoms with Crippen molar-refractivity contribution >= 4 is 35.0 Å². The topological polar surface area (TPSA) is 81.9 Å². The summed E-state index contributed by atoms with van der Waals surface area (Å²) >= 11 is 12.7. The van der Waals surface area contributed by atoms with Gasteiger partial charge in [-0.25, -0.2) is 0 Å². The highest BCUT2D eigenvalue weighted by atomic mass is 35.5. The predicted molar refractivity (Wildman–Crippen MR) is 132 cm³/mol. The van der Waals surface area contributed by atoms with Crippen LogP contribution in [0.15, 0.2) is 42.5 Å². The van der Waals surface area contributed by atoms with Crippen LogP contribution in [-0.2, 0) is 11.2 Å². The van der Waals surface area contributed by atoms with E-state index in [1.807, 2.05) is 24.3 Å². The number of nitrogens with zero attached hydrogens (tertiary/aromatic N) is 1. The molecular weight excluding hydrogens is 475 g/mol. The fraction of sp³-hybridized carbons (Fsp3) is 0.231. The van der Waals surface area contributed by atoms with E-state index >= 15 is 0 Å². The molecule has 0 bridgehead atoms. The van der Waals surface area contributed by atoms with Crippen molar-refractivity contribution < 1.29 is 19.1 Å². The van der Waals surface area contributed by atoms with Crippen LogP contribution < -0.4 is 10.5 Å². The molecule has 6 nitrogen and oxygen atoms in total. The summed E-state index contributed by atoms with van der Waals surface area (Å²) in [6.07, 6.45) is 0.525. The van der Waals surface area contributed by atoms with Gasteiger partial charge in [0.25, 0.3) is 5.91 Å². The van der Waals surface area contributed by atoms with Gasteiger partial charge in [-0.15, -0.1) is 0 Å². The van der Waals surface area contributed by atoms with Crippen LogP contribution in [0.1, 0.15) is 31.8 Å². The number of carbonyl (C=O) groups excluding carboxylic acids is 2. The number of fused-ring (bicyclic) bond motifs is 3. The highest BCUT2D eigenvalue weighted by Crippen LogP contribution is 2.43. The van der Waals surface area contributed by atoms with Crippen molar-refractivity contribution in [3.05, 3.63) is 74.8 Å². The number of benzene rings is 3. The molecule has 5 rings (SSSR count). The summed E-state index contributed by atoms with van der Waals surface area (Å²) in [6, 6.07) is 13.0. The Kier molecular flexibility index (Phi) is 5.98. The summed E-state index contributed by atoms with van der Waals surface area (Å²) in [4.78, 5) is 27.2. The van der Waals surface area contributed by atoms with Crippen LogP contribution in [0.4, 0.5) is 0 Å². The zero-order valence-electron chi connectivity index (χ0n) is 18.5. The Labute approximate surface area is 207 Å². The van der Waals surface area contributed by atoms with Gasteiger partial charge in [-0.2, -0.15) is 0 Å². The maximum absolute atomic E-state index is 13.0. The fourth-order valence-corrected chi connectivity index (χ4v) is 5.33. The molecule has 0 atom stereocenters. The molecule has 1 fully saturated rings. The molecule has 2 amide bonds. The first-order valence-corrected chi connectivity index (χ1v) is 11.6. The van der Waals surface area contributed by atoms with Crippen molar-refractivity contribution in [2.45, 2.75) is 6.42 Å². The molecule has 8 heteroatoms. The average molecular weight is 497 g/mol. The van der Waals surface area contributed by atoms with E-state index in [1.54, 1.807) is 23.1 Å². The van der Waals surface area contributed by atoms with Crippen LogP contribution in [0.2, 0.25) is 10.0 Å². The lowest BCUT2D eigenvalue weighted by molar-refractivity contribution is 0.0303. The number of methoxy groups -OCH3 is 1. The maximum Gasteiger partial charge on any atom is 0.254 e. The van der Waals surface area contributed by atoms with Gasteiger partial charge in [0.1, 0.15) is 0 Å². The van der Waals surface area contributed by atoms with Gasteiger partial charge in [-0.1, -0.05) is 29.3 Å². The number of morpholine rings is 1. The van der Waals surface area contributed by atoms with Crippen LogP contribution >= 0.6 is 23.2 Å². The van der Waals surface area contributed by atoms with Crippen LogP contribution in [0.3, 0.4) is 0 Å². The Balaban J connectivity index is 1.57. The van der Waals surface area contributed by atoms with Crippen LogP contribution in [0, 0.1) is 0 Å². The summed E-state index contributed by atoms with van der Waals surface area (Å²) in [7, 11) is 1.50. The molecule has 0 unspecified atom stereocenters. The summed E-state index contributed by atoms with van der Waals surface area (Å²) in [6.45, 7) is 2.26. The molecule has 3 aromatic rings. The number of rotatable bonds is 4. The molecule has 1 heterocycles. The average Bonchev–Trinajstić information content (AvgIpc) is 3.21. The first kappa shape index (κ1) is 22.7. The number of carbonyl (C=O) groups is 2. The van der Waals surface area contributed by atoms with Gasteiger partial charge in [-0.05, 0) is 76.2 Å². The summed E-state index contributed by atoms with van der Waals surface area (Å²) in [5.41, 5.74) is 12.1. The van der Waals surface area contributed by atoms with Gasteiger partial charge in [0.15, 0.2) is 5.75 Å². The van der Waals surface area contributed by atoms with Crippen LogP contribution in [0.25, 0.3) is 22.3 Å². The number of primary amides is 1. The molecule has 0 saturated carbocycles. The molecule has 2 aliphatic rings. The quantitative estimate of drug-likeness (QED) is 0.439. The second kappa shape index (κ2) is 8.95. The first-order valence-electron chi connectivity index (χ1n) is 10.9. The van der Waals surface area contributed by atoms with Gasteiger partial charge in [-0.3, -0.25) is 9.59 Å². The number of hydrogen-bond acceptors (Lipinski definition) is 4. The number of halogens is 2. The minimum absolute atomic E-state index is 0.0135. The van der Waals surface area contributed by atoms with Crippen LogP contribution in [-0.4, -0.2) is 50.1 Å². The van der Waals surface area contributed by atoms with Gasteiger partial charge in [0.2, 0.25) is 5.91 Å². The largest absolute Gasteiger partial charge is 0.494 e. The second-order valence-electron chi connectivity index (χ2n) is 8.34. The van der Waals surface area contributed by atoms with Gasteiger partial charge in [0, 0.05) is 24.2 Å². The van der Waals surface area contributed by atoms with Crippen molar-refractivity contribution in [1.29, 1.82) is 0 Å². The Bertz CT molecular complexity index is 1310. The van der Waals surface area contributed by atoms with Crippen molar-refractivity contribution in [3.63, 3.8) is 0 Å². The summed E-state index contributed by atoms with van der Waals surface area (Å²) in [5, 5.41) is 0.746. The molecular formula is C26H22Cl2N2O4. The highest BCUT2D eigenvalue weighted by Gasteiger charge is 2.27. The number of nitrogens with two attached hydrogens (primary N) is 1. The molecule has 0 aromatic heterocycles. The molecule has 1 aliphatic carbocycles. The number of ether oxygens (including phenoxy) is 2. The Morgan fingerprint density at radius 1 is 0.971 bits per heavy atom. The molecule has 1 saturated heterocycles. The lowest BCUT2D eigenvalue weighted by Crippen LogP contribution is -2.40. The van der Waals surface area contributed by atoms with E-state index in [0.29, 0.717) is 59.6 Å². The monoisotopic (exact) mass is 496 g/mol. The third kappa shape index (κ3) is 3.92. The SMILES string of the molecule is COc1c(Cl)cc(-c2cc(C(N)=O)c3c(c2)-c2ccc(C(=O)N4CCOCC4)cc2C3)cc1Cl. The first-order chi connectivity index (χ1) is 16.4. The van der Waals surface area contributed by atoms with E-state index < -0.39 is 5.91 Å². The molecule has 174 valence electrons. The molecule has 0 radical (unpaired) electrons. The zero-order valence-corrected chi connectivity index (χ0v) is 20.0.